The quantitative estimate of drug-likeness (QED) is 0.642. The summed E-state index contributed by atoms with van der Waals surface area (Å²) in [6.45, 7) is 2.03. The normalized spacial score (nSPS) is 27.2. The van der Waals surface area contributed by atoms with Crippen LogP contribution in [0.5, 0.6) is 0 Å². The zero-order valence-electron chi connectivity index (χ0n) is 17.8. The van der Waals surface area contributed by atoms with Crippen LogP contribution in [0.3, 0.4) is 0 Å². The number of carboxylic acid groups (broad SMARTS) is 1. The molecule has 4 unspecified atom stereocenters. The number of alkyl halides is 3. The molecule has 0 aliphatic carbocycles. The van der Waals surface area contributed by atoms with Crippen molar-refractivity contribution in [1.82, 2.24) is 10.2 Å². The SMILES string of the molecule is CCCCN1C(=O)C2C(c3cccc(C(F)(F)F)c3)NC(C(=O)O)(c3ccccc3)C2C1=O. The summed E-state index contributed by atoms with van der Waals surface area (Å²) in [5, 5.41) is 13.3. The smallest absolute Gasteiger partial charge is 0.416 e. The number of fused-ring (bicyclic) bond motifs is 1. The first-order valence-corrected chi connectivity index (χ1v) is 10.7. The van der Waals surface area contributed by atoms with E-state index in [-0.39, 0.29) is 17.7 Å². The first kappa shape index (κ1) is 23.0. The van der Waals surface area contributed by atoms with Crippen molar-refractivity contribution in [2.75, 3.05) is 6.54 Å². The molecular weight excluding hydrogens is 437 g/mol. The lowest BCUT2D eigenvalue weighted by atomic mass is 9.75. The Kier molecular flexibility index (Phi) is 5.78. The molecule has 2 aromatic carbocycles. The lowest BCUT2D eigenvalue weighted by molar-refractivity contribution is -0.152. The van der Waals surface area contributed by atoms with Gasteiger partial charge in [-0.15, -0.1) is 0 Å². The van der Waals surface area contributed by atoms with Gasteiger partial charge < -0.3 is 5.11 Å². The Morgan fingerprint density at radius 1 is 1.09 bits per heavy atom. The zero-order chi connectivity index (χ0) is 24.0. The number of nitrogens with zero attached hydrogens (tertiary/aromatic N) is 1. The van der Waals surface area contributed by atoms with Gasteiger partial charge in [-0.25, -0.2) is 4.79 Å². The third-order valence-corrected chi connectivity index (χ3v) is 6.53. The van der Waals surface area contributed by atoms with Gasteiger partial charge in [0.05, 0.1) is 17.4 Å². The van der Waals surface area contributed by atoms with Crippen LogP contribution in [0, 0.1) is 11.8 Å². The maximum atomic E-state index is 13.4. The van der Waals surface area contributed by atoms with Crippen LogP contribution in [-0.2, 0) is 26.1 Å². The lowest BCUT2D eigenvalue weighted by Gasteiger charge is -2.31. The summed E-state index contributed by atoms with van der Waals surface area (Å²) in [5.41, 5.74) is -2.50. The van der Waals surface area contributed by atoms with E-state index >= 15 is 0 Å². The second-order valence-electron chi connectivity index (χ2n) is 8.41. The third kappa shape index (κ3) is 3.60. The summed E-state index contributed by atoms with van der Waals surface area (Å²) in [6, 6.07) is 11.4. The Balaban J connectivity index is 1.89. The number of carboxylic acids is 1. The minimum Gasteiger partial charge on any atom is -0.480 e. The van der Waals surface area contributed by atoms with Crippen LogP contribution in [0.4, 0.5) is 13.2 Å². The highest BCUT2D eigenvalue weighted by Crippen LogP contribution is 2.53. The number of imide groups is 1. The van der Waals surface area contributed by atoms with Gasteiger partial charge in [0.15, 0.2) is 5.54 Å². The van der Waals surface area contributed by atoms with Crippen molar-refractivity contribution in [3.63, 3.8) is 0 Å². The number of nitrogens with one attached hydrogen (secondary N) is 1. The van der Waals surface area contributed by atoms with Gasteiger partial charge in [-0.3, -0.25) is 19.8 Å². The van der Waals surface area contributed by atoms with Crippen LogP contribution in [0.2, 0.25) is 0 Å². The molecule has 174 valence electrons. The number of carbonyl (C=O) groups is 3. The highest BCUT2D eigenvalue weighted by Gasteiger charge is 2.69. The van der Waals surface area contributed by atoms with E-state index in [0.717, 1.165) is 17.0 Å². The molecule has 2 aliphatic heterocycles. The molecule has 2 aliphatic rings. The van der Waals surface area contributed by atoms with Crippen molar-refractivity contribution in [3.05, 3.63) is 71.3 Å². The van der Waals surface area contributed by atoms with E-state index in [1.165, 1.54) is 12.1 Å². The number of rotatable bonds is 6. The minimum atomic E-state index is -4.61. The molecule has 9 heteroatoms. The van der Waals surface area contributed by atoms with Crippen LogP contribution < -0.4 is 5.32 Å². The van der Waals surface area contributed by atoms with Crippen LogP contribution >= 0.6 is 0 Å². The summed E-state index contributed by atoms with van der Waals surface area (Å²) in [6.07, 6.45) is -3.35. The molecule has 2 amide bonds. The number of amides is 2. The van der Waals surface area contributed by atoms with Crippen molar-refractivity contribution in [1.29, 1.82) is 0 Å². The van der Waals surface area contributed by atoms with E-state index < -0.39 is 52.9 Å². The van der Waals surface area contributed by atoms with Crippen molar-refractivity contribution in [3.8, 4) is 0 Å². The van der Waals surface area contributed by atoms with E-state index in [2.05, 4.69) is 5.32 Å². The van der Waals surface area contributed by atoms with Gasteiger partial charge in [0.25, 0.3) is 0 Å². The number of carbonyl (C=O) groups excluding carboxylic acids is 2. The molecule has 2 heterocycles. The largest absolute Gasteiger partial charge is 0.480 e. The molecule has 2 N–H and O–H groups in total. The lowest BCUT2D eigenvalue weighted by Crippen LogP contribution is -2.53. The predicted octanol–water partition coefficient (Wildman–Crippen LogP) is 3.73. The molecule has 0 radical (unpaired) electrons. The molecule has 0 spiro atoms. The summed E-state index contributed by atoms with van der Waals surface area (Å²) >= 11 is 0. The fourth-order valence-electron chi connectivity index (χ4n) is 4.98. The van der Waals surface area contributed by atoms with Crippen molar-refractivity contribution in [2.45, 2.75) is 37.5 Å². The monoisotopic (exact) mass is 460 g/mol. The van der Waals surface area contributed by atoms with Gasteiger partial charge in [-0.1, -0.05) is 55.8 Å². The number of likely N-dealkylation sites (tertiary alicyclic amines) is 1. The fraction of sp³-hybridized carbons (Fsp3) is 0.375. The minimum absolute atomic E-state index is 0.109. The molecule has 0 bridgehead atoms. The number of hydrogen-bond acceptors (Lipinski definition) is 4. The summed E-state index contributed by atoms with van der Waals surface area (Å²) in [4.78, 5) is 40.6. The van der Waals surface area contributed by atoms with Crippen LogP contribution in [-0.4, -0.2) is 34.3 Å². The Labute approximate surface area is 188 Å². The van der Waals surface area contributed by atoms with E-state index in [9.17, 15) is 32.7 Å². The van der Waals surface area contributed by atoms with Gasteiger partial charge in [0.2, 0.25) is 11.8 Å². The zero-order valence-corrected chi connectivity index (χ0v) is 17.8. The van der Waals surface area contributed by atoms with Gasteiger partial charge in [-0.05, 0) is 29.7 Å². The Morgan fingerprint density at radius 2 is 1.79 bits per heavy atom. The van der Waals surface area contributed by atoms with Crippen molar-refractivity contribution < 1.29 is 32.7 Å². The van der Waals surface area contributed by atoms with Crippen molar-refractivity contribution in [2.24, 2.45) is 11.8 Å². The standard InChI is InChI=1S/C24H23F3N2O4/c1-2-3-12-29-20(30)17-18(21(29)31)23(22(32)33,15-9-5-4-6-10-15)28-19(17)14-8-7-11-16(13-14)24(25,26)27/h4-11,13,17-19,28H,2-3,12H2,1H3,(H,32,33). The Bertz CT molecular complexity index is 1090. The maximum Gasteiger partial charge on any atom is 0.416 e. The molecule has 6 nitrogen and oxygen atoms in total. The molecule has 2 aromatic rings. The summed E-state index contributed by atoms with van der Waals surface area (Å²) in [5.74, 6) is -4.98. The highest BCUT2D eigenvalue weighted by molar-refractivity contribution is 6.09. The van der Waals surface area contributed by atoms with E-state index in [0.29, 0.717) is 12.8 Å². The number of halogens is 3. The molecule has 2 fully saturated rings. The van der Waals surface area contributed by atoms with Crippen LogP contribution in [0.25, 0.3) is 0 Å². The molecule has 4 atom stereocenters. The molecule has 4 rings (SSSR count). The maximum absolute atomic E-state index is 13.4. The molecule has 2 saturated heterocycles. The predicted molar refractivity (Wildman–Crippen MR) is 112 cm³/mol. The Hall–Kier alpha value is -3.20. The second-order valence-corrected chi connectivity index (χ2v) is 8.41. The van der Waals surface area contributed by atoms with Gasteiger partial charge in [0, 0.05) is 12.6 Å². The Morgan fingerprint density at radius 3 is 2.39 bits per heavy atom. The molecule has 0 aromatic heterocycles. The first-order valence-electron chi connectivity index (χ1n) is 10.7. The fourth-order valence-corrected chi connectivity index (χ4v) is 4.98. The van der Waals surface area contributed by atoms with Gasteiger partial charge in [-0.2, -0.15) is 13.2 Å². The second kappa shape index (κ2) is 8.30. The van der Waals surface area contributed by atoms with Crippen LogP contribution in [0.1, 0.15) is 42.5 Å². The van der Waals surface area contributed by atoms with Gasteiger partial charge >= 0.3 is 12.1 Å². The topological polar surface area (TPSA) is 86.7 Å². The first-order chi connectivity index (χ1) is 15.6. The average molecular weight is 460 g/mol. The molecule has 0 saturated carbocycles. The molecular formula is C24H23F3N2O4. The van der Waals surface area contributed by atoms with E-state index in [1.54, 1.807) is 30.3 Å². The third-order valence-electron chi connectivity index (χ3n) is 6.53. The molecule has 33 heavy (non-hydrogen) atoms. The van der Waals surface area contributed by atoms with Gasteiger partial charge in [0.1, 0.15) is 0 Å². The summed E-state index contributed by atoms with van der Waals surface area (Å²) in [7, 11) is 0. The summed E-state index contributed by atoms with van der Waals surface area (Å²) < 4.78 is 40.1. The van der Waals surface area contributed by atoms with E-state index in [4.69, 9.17) is 0 Å². The number of unbranched alkanes of at least 4 members (excludes halogenated alkanes) is 1. The number of aliphatic carboxylic acids is 1. The van der Waals surface area contributed by atoms with E-state index in [1.807, 2.05) is 6.92 Å². The number of benzene rings is 2. The average Bonchev–Trinajstić information content (AvgIpc) is 3.27. The highest BCUT2D eigenvalue weighted by atomic mass is 19.4. The van der Waals surface area contributed by atoms with Crippen LogP contribution in [0.15, 0.2) is 54.6 Å². The van der Waals surface area contributed by atoms with Crippen molar-refractivity contribution >= 4 is 17.8 Å². The number of hydrogen-bond donors (Lipinski definition) is 2.